The Labute approximate surface area is 146 Å². The van der Waals surface area contributed by atoms with Gasteiger partial charge >= 0.3 is 0 Å². The standard InChI is InChI=1S/C21H18O4/c1-24-20-12-16(18-9-5-6-10-19(18)23)11-17(13-22)21(20)25-14-15-7-3-2-4-8-15/h2-13,23H,14H2,1H3. The molecule has 0 atom stereocenters. The molecule has 0 saturated carbocycles. The topological polar surface area (TPSA) is 55.8 Å². The van der Waals surface area contributed by atoms with Crippen LogP contribution in [0.2, 0.25) is 0 Å². The third-order valence-corrected chi connectivity index (χ3v) is 3.87. The number of ether oxygens (including phenoxy) is 2. The first-order valence-corrected chi connectivity index (χ1v) is 7.85. The Morgan fingerprint density at radius 1 is 1.00 bits per heavy atom. The maximum atomic E-state index is 11.6. The number of aromatic hydroxyl groups is 1. The van der Waals surface area contributed by atoms with E-state index in [0.717, 1.165) is 11.8 Å². The van der Waals surface area contributed by atoms with Gasteiger partial charge < -0.3 is 14.6 Å². The van der Waals surface area contributed by atoms with E-state index in [9.17, 15) is 9.90 Å². The molecule has 3 aromatic carbocycles. The second-order valence-electron chi connectivity index (χ2n) is 5.51. The average molecular weight is 334 g/mol. The summed E-state index contributed by atoms with van der Waals surface area (Å²) >= 11 is 0. The van der Waals surface area contributed by atoms with Crippen molar-refractivity contribution in [1.29, 1.82) is 0 Å². The van der Waals surface area contributed by atoms with Crippen LogP contribution < -0.4 is 9.47 Å². The summed E-state index contributed by atoms with van der Waals surface area (Å²) in [5, 5.41) is 10.1. The molecule has 0 aliphatic carbocycles. The first-order valence-electron chi connectivity index (χ1n) is 7.85. The largest absolute Gasteiger partial charge is 0.507 e. The van der Waals surface area contributed by atoms with E-state index in [-0.39, 0.29) is 5.75 Å². The molecule has 4 nitrogen and oxygen atoms in total. The minimum Gasteiger partial charge on any atom is -0.507 e. The zero-order valence-corrected chi connectivity index (χ0v) is 13.8. The zero-order chi connectivity index (χ0) is 17.6. The highest BCUT2D eigenvalue weighted by molar-refractivity contribution is 5.86. The lowest BCUT2D eigenvalue weighted by molar-refractivity contribution is 0.111. The van der Waals surface area contributed by atoms with Crippen LogP contribution in [0, 0.1) is 0 Å². The van der Waals surface area contributed by atoms with Crippen LogP contribution in [0.25, 0.3) is 11.1 Å². The second-order valence-corrected chi connectivity index (χ2v) is 5.51. The molecule has 0 bridgehead atoms. The summed E-state index contributed by atoms with van der Waals surface area (Å²) in [5.74, 6) is 0.971. The number of para-hydroxylation sites is 1. The summed E-state index contributed by atoms with van der Waals surface area (Å²) < 4.78 is 11.3. The summed E-state index contributed by atoms with van der Waals surface area (Å²) in [6, 6.07) is 20.1. The number of carbonyl (C=O) groups excluding carboxylic acids is 1. The molecule has 1 N–H and O–H groups in total. The molecule has 0 fully saturated rings. The van der Waals surface area contributed by atoms with Crippen LogP contribution in [-0.4, -0.2) is 18.5 Å². The molecule has 4 heteroatoms. The van der Waals surface area contributed by atoms with E-state index in [1.807, 2.05) is 36.4 Å². The monoisotopic (exact) mass is 334 g/mol. The Kier molecular flexibility index (Phi) is 5.00. The zero-order valence-electron chi connectivity index (χ0n) is 13.8. The van der Waals surface area contributed by atoms with Crippen LogP contribution >= 0.6 is 0 Å². The fraction of sp³-hybridized carbons (Fsp3) is 0.0952. The number of phenols is 1. The molecule has 0 aliphatic rings. The lowest BCUT2D eigenvalue weighted by Gasteiger charge is -2.15. The molecule has 3 rings (SSSR count). The Hall–Kier alpha value is -3.27. The van der Waals surface area contributed by atoms with Gasteiger partial charge in [0.15, 0.2) is 17.8 Å². The maximum Gasteiger partial charge on any atom is 0.172 e. The van der Waals surface area contributed by atoms with Gasteiger partial charge in [-0.15, -0.1) is 0 Å². The van der Waals surface area contributed by atoms with E-state index in [0.29, 0.717) is 34.8 Å². The van der Waals surface area contributed by atoms with Gasteiger partial charge in [0, 0.05) is 5.56 Å². The fourth-order valence-electron chi connectivity index (χ4n) is 2.62. The number of benzene rings is 3. The number of phenolic OH excluding ortho intramolecular Hbond substituents is 1. The third-order valence-electron chi connectivity index (χ3n) is 3.87. The van der Waals surface area contributed by atoms with Gasteiger partial charge in [-0.05, 0) is 29.3 Å². The van der Waals surface area contributed by atoms with Gasteiger partial charge in [0.25, 0.3) is 0 Å². The van der Waals surface area contributed by atoms with Crippen molar-refractivity contribution >= 4 is 6.29 Å². The van der Waals surface area contributed by atoms with E-state index < -0.39 is 0 Å². The Bertz CT molecular complexity index is 872. The van der Waals surface area contributed by atoms with Crippen LogP contribution in [0.15, 0.2) is 66.7 Å². The van der Waals surface area contributed by atoms with Crippen molar-refractivity contribution in [2.75, 3.05) is 7.11 Å². The van der Waals surface area contributed by atoms with Crippen molar-refractivity contribution in [2.45, 2.75) is 6.61 Å². The smallest absolute Gasteiger partial charge is 0.172 e. The molecule has 126 valence electrons. The van der Waals surface area contributed by atoms with Crippen molar-refractivity contribution < 1.29 is 19.4 Å². The van der Waals surface area contributed by atoms with Crippen LogP contribution in [0.3, 0.4) is 0 Å². The molecular formula is C21H18O4. The predicted molar refractivity (Wildman–Crippen MR) is 96.3 cm³/mol. The van der Waals surface area contributed by atoms with Gasteiger partial charge in [0.05, 0.1) is 12.7 Å². The molecule has 0 radical (unpaired) electrons. The molecule has 0 aromatic heterocycles. The normalized spacial score (nSPS) is 10.3. The lowest BCUT2D eigenvalue weighted by Crippen LogP contribution is -2.01. The van der Waals surface area contributed by atoms with Crippen LogP contribution in [0.1, 0.15) is 15.9 Å². The number of hydrogen-bond donors (Lipinski definition) is 1. The first-order chi connectivity index (χ1) is 12.2. The van der Waals surface area contributed by atoms with Gasteiger partial charge in [-0.25, -0.2) is 0 Å². The van der Waals surface area contributed by atoms with Gasteiger partial charge in [-0.1, -0.05) is 48.5 Å². The number of carbonyl (C=O) groups is 1. The molecule has 0 unspecified atom stereocenters. The van der Waals surface area contributed by atoms with Gasteiger partial charge in [-0.2, -0.15) is 0 Å². The molecule has 0 saturated heterocycles. The van der Waals surface area contributed by atoms with Crippen molar-refractivity contribution in [2.24, 2.45) is 0 Å². The van der Waals surface area contributed by atoms with Crippen molar-refractivity contribution in [3.8, 4) is 28.4 Å². The van der Waals surface area contributed by atoms with E-state index >= 15 is 0 Å². The minimum atomic E-state index is 0.138. The van der Waals surface area contributed by atoms with Crippen molar-refractivity contribution in [3.05, 3.63) is 77.9 Å². The Balaban J connectivity index is 1.98. The highest BCUT2D eigenvalue weighted by Crippen LogP contribution is 2.38. The van der Waals surface area contributed by atoms with Crippen molar-refractivity contribution in [3.63, 3.8) is 0 Å². The molecule has 0 spiro atoms. The van der Waals surface area contributed by atoms with Crippen LogP contribution in [0.5, 0.6) is 17.2 Å². The summed E-state index contributed by atoms with van der Waals surface area (Å²) in [6.45, 7) is 0.327. The number of rotatable bonds is 6. The summed E-state index contributed by atoms with van der Waals surface area (Å²) in [7, 11) is 1.52. The number of aldehydes is 1. The second kappa shape index (κ2) is 7.53. The van der Waals surface area contributed by atoms with Gasteiger partial charge in [0.2, 0.25) is 0 Å². The quantitative estimate of drug-likeness (QED) is 0.676. The van der Waals surface area contributed by atoms with E-state index in [4.69, 9.17) is 9.47 Å². The lowest BCUT2D eigenvalue weighted by atomic mass is 10.0. The van der Waals surface area contributed by atoms with Crippen LogP contribution in [-0.2, 0) is 6.61 Å². The number of hydrogen-bond acceptors (Lipinski definition) is 4. The summed E-state index contributed by atoms with van der Waals surface area (Å²) in [6.07, 6.45) is 0.729. The molecular weight excluding hydrogens is 316 g/mol. The molecule has 25 heavy (non-hydrogen) atoms. The summed E-state index contributed by atoms with van der Waals surface area (Å²) in [5.41, 5.74) is 2.67. The Morgan fingerprint density at radius 2 is 1.72 bits per heavy atom. The molecule has 0 heterocycles. The maximum absolute atomic E-state index is 11.6. The summed E-state index contributed by atoms with van der Waals surface area (Å²) in [4.78, 5) is 11.6. The third kappa shape index (κ3) is 3.63. The Morgan fingerprint density at radius 3 is 2.40 bits per heavy atom. The van der Waals surface area contributed by atoms with Gasteiger partial charge in [0.1, 0.15) is 12.4 Å². The molecule has 0 aliphatic heterocycles. The fourth-order valence-corrected chi connectivity index (χ4v) is 2.62. The number of methoxy groups -OCH3 is 1. The molecule has 0 amide bonds. The van der Waals surface area contributed by atoms with Gasteiger partial charge in [-0.3, -0.25) is 4.79 Å². The highest BCUT2D eigenvalue weighted by Gasteiger charge is 2.15. The van der Waals surface area contributed by atoms with E-state index in [1.54, 1.807) is 30.3 Å². The average Bonchev–Trinajstić information content (AvgIpc) is 2.67. The van der Waals surface area contributed by atoms with Crippen LogP contribution in [0.4, 0.5) is 0 Å². The van der Waals surface area contributed by atoms with E-state index in [1.165, 1.54) is 7.11 Å². The first kappa shape index (κ1) is 16.6. The minimum absolute atomic E-state index is 0.138. The predicted octanol–water partition coefficient (Wildman–Crippen LogP) is 4.46. The van der Waals surface area contributed by atoms with Crippen molar-refractivity contribution in [1.82, 2.24) is 0 Å². The molecule has 3 aromatic rings. The SMILES string of the molecule is COc1cc(-c2ccccc2O)cc(C=O)c1OCc1ccccc1. The highest BCUT2D eigenvalue weighted by atomic mass is 16.5. The van der Waals surface area contributed by atoms with E-state index in [2.05, 4.69) is 0 Å².